The Morgan fingerprint density at radius 3 is 1.24 bits per heavy atom. The Bertz CT molecular complexity index is 3190. The molecule has 676 valence electrons. The molecule has 52 heteroatoms. The van der Waals surface area contributed by atoms with Crippen molar-refractivity contribution in [3.05, 3.63) is 0 Å². The van der Waals surface area contributed by atoms with Crippen LogP contribution in [0.15, 0.2) is 0 Å². The molecule has 9 saturated heterocycles. The van der Waals surface area contributed by atoms with E-state index in [9.17, 15) is 157 Å². The Balaban J connectivity index is 1.00. The summed E-state index contributed by atoms with van der Waals surface area (Å²) < 4.78 is 99.9. The van der Waals surface area contributed by atoms with Gasteiger partial charge in [0.2, 0.25) is 23.6 Å². The summed E-state index contributed by atoms with van der Waals surface area (Å²) in [4.78, 5) is 64.1. The molecular weight excluding hydrogens is 1600 g/mol. The van der Waals surface area contributed by atoms with Crippen molar-refractivity contribution >= 4 is 29.6 Å². The van der Waals surface area contributed by atoms with Crippen molar-refractivity contribution in [3.63, 3.8) is 0 Å². The minimum absolute atomic E-state index is 0.829. The van der Waals surface area contributed by atoms with Crippen LogP contribution in [0.1, 0.15) is 41.0 Å². The first-order chi connectivity index (χ1) is 55.1. The summed E-state index contributed by atoms with van der Waals surface area (Å²) in [6.07, 6.45) is -88.0. The molecule has 0 radical (unpaired) electrons. The number of carbonyl (C=O) groups excluding carboxylic acids is 4. The second kappa shape index (κ2) is 41.4. The molecule has 52 nitrogen and oxygen atoms in total. The van der Waals surface area contributed by atoms with E-state index in [1.54, 1.807) is 0 Å². The predicted molar refractivity (Wildman–Crippen MR) is 359 cm³/mol. The number of carboxylic acids is 1. The number of aliphatic hydroxyl groups is 25. The summed E-state index contributed by atoms with van der Waals surface area (Å²) >= 11 is 0. The number of carbonyl (C=O) groups is 5. The number of hydrogen-bond donors (Lipinski definition) is 30. The summed E-state index contributed by atoms with van der Waals surface area (Å²) in [5, 5.41) is 298. The van der Waals surface area contributed by atoms with Gasteiger partial charge in [0.15, 0.2) is 50.3 Å². The molecule has 30 N–H and O–H groups in total. The molecule has 0 unspecified atom stereocenters. The van der Waals surface area contributed by atoms with Gasteiger partial charge in [-0.2, -0.15) is 0 Å². The number of amides is 4. The van der Waals surface area contributed by atoms with Crippen LogP contribution in [-0.2, 0) is 104 Å². The fraction of sp³-hybridized carbons (Fsp3) is 0.923. The van der Waals surface area contributed by atoms with Crippen molar-refractivity contribution in [2.75, 3.05) is 52.9 Å². The monoisotopic (exact) mass is 1710 g/mol. The van der Waals surface area contributed by atoms with Gasteiger partial charge in [-0.05, 0) is 6.92 Å². The molecule has 0 bridgehead atoms. The molecule has 9 fully saturated rings. The topological polar surface area (TPSA) is 816 Å². The highest BCUT2D eigenvalue weighted by Crippen LogP contribution is 2.42. The highest BCUT2D eigenvalue weighted by atomic mass is 16.8. The van der Waals surface area contributed by atoms with E-state index < -0.39 is 371 Å². The van der Waals surface area contributed by atoms with Crippen LogP contribution >= 0.6 is 0 Å². The average molecular weight is 1710 g/mol. The molecule has 0 saturated carbocycles. The van der Waals surface area contributed by atoms with Crippen LogP contribution in [0.2, 0.25) is 0 Å². The Morgan fingerprint density at radius 1 is 0.368 bits per heavy atom. The minimum atomic E-state index is -3.30. The molecule has 46 atom stereocenters. The third-order valence-electron chi connectivity index (χ3n) is 21.3. The lowest BCUT2D eigenvalue weighted by atomic mass is 9.88. The number of ether oxygens (including phenoxy) is 17. The van der Waals surface area contributed by atoms with Gasteiger partial charge in [-0.1, -0.05) is 0 Å². The smallest absolute Gasteiger partial charge is 0.364 e. The number of nitrogens with one attached hydrogen (secondary N) is 4. The average Bonchev–Trinajstić information content (AvgIpc) is 0.756. The van der Waals surface area contributed by atoms with E-state index in [4.69, 9.17) is 80.5 Å². The summed E-state index contributed by atoms with van der Waals surface area (Å²) in [5.41, 5.74) is 0. The van der Waals surface area contributed by atoms with Gasteiger partial charge in [0.1, 0.15) is 207 Å². The van der Waals surface area contributed by atoms with Crippen LogP contribution in [-0.4, -0.2) is 497 Å². The largest absolute Gasteiger partial charge is 0.477 e. The van der Waals surface area contributed by atoms with Gasteiger partial charge >= 0.3 is 5.97 Å². The number of rotatable bonds is 31. The van der Waals surface area contributed by atoms with Crippen LogP contribution < -0.4 is 21.3 Å². The standard InChI is InChI=1S/C65H108N4O48/c1-15-33(82)42(91)45(94)59(103-15)102-14-28-51(39(88)30(56(98)104-28)67-17(3)77)111-57-31(68-18(4)78)40(89)49(25(11-74)108-57)112-61-47(96)53(38(87)27(110-61)13-101-60-46(95)43(92)35(84)22(8-71)105-60)114-63-55(44(93)36(85)23(9-72)107-63)115-58-32(69-19(5)79)41(90)50(26(12-75)109-58)113-62-48(97)54(37(86)24(10-73)106-62)117-65(64(99)100)6-20(80)29(66-16(2)76)52(116-65)34(83)21(81)7-70/h15,20-63,70-75,80-98H,6-14H2,1-5H3,(H,66,76)(H,67,77)(H,68,78)(H,69,79)(H,99,100)/t15-,20+,21-,22-,23-,24-,25-,26-,27-,28-,29-,30-,31-,32-,33+,34-,35-,36-,37+,38-,39-,40-,41-,42+,43+,44+,45-,46+,47+,48-,49-,50-,51-,52-,53+,54+,55+,56+,57+,58+,59-,60+,61+,62+,63-,65+/m1/s1. The fourth-order valence-electron chi connectivity index (χ4n) is 15.0. The van der Waals surface area contributed by atoms with E-state index in [0.29, 0.717) is 0 Å². The molecular formula is C65H108N4O48. The zero-order valence-corrected chi connectivity index (χ0v) is 63.0. The molecule has 9 aliphatic rings. The van der Waals surface area contributed by atoms with E-state index in [2.05, 4.69) is 21.3 Å². The van der Waals surface area contributed by atoms with E-state index in [1.165, 1.54) is 6.92 Å². The molecule has 0 aliphatic carbocycles. The van der Waals surface area contributed by atoms with Gasteiger partial charge < -0.3 is 235 Å². The highest BCUT2D eigenvalue weighted by molar-refractivity contribution is 5.77. The molecule has 9 aliphatic heterocycles. The van der Waals surface area contributed by atoms with Gasteiger partial charge in [0.25, 0.3) is 5.79 Å². The molecule has 0 aromatic rings. The number of aliphatic hydroxyl groups excluding tert-OH is 25. The maximum Gasteiger partial charge on any atom is 0.364 e. The normalized spacial score (nSPS) is 47.9. The second-order valence-electron chi connectivity index (χ2n) is 29.6. The van der Waals surface area contributed by atoms with E-state index >= 15 is 0 Å². The number of carboxylic acid groups (broad SMARTS) is 1. The molecule has 0 spiro atoms. The number of hydrogen-bond acceptors (Lipinski definition) is 47. The summed E-state index contributed by atoms with van der Waals surface area (Å²) in [7, 11) is 0. The predicted octanol–water partition coefficient (Wildman–Crippen LogP) is -19.8. The maximum absolute atomic E-state index is 13.2. The molecule has 0 aromatic heterocycles. The maximum atomic E-state index is 13.2. The van der Waals surface area contributed by atoms with Crippen LogP contribution in [0.25, 0.3) is 0 Å². The quantitative estimate of drug-likeness (QED) is 0.0306. The van der Waals surface area contributed by atoms with Crippen molar-refractivity contribution < 1.29 is 237 Å². The van der Waals surface area contributed by atoms with Crippen LogP contribution in [0.3, 0.4) is 0 Å². The molecule has 0 aromatic carbocycles. The Morgan fingerprint density at radius 2 is 0.744 bits per heavy atom. The van der Waals surface area contributed by atoms with Crippen molar-refractivity contribution in [1.29, 1.82) is 0 Å². The van der Waals surface area contributed by atoms with Crippen LogP contribution in [0, 0.1) is 0 Å². The summed E-state index contributed by atoms with van der Waals surface area (Å²) in [5.74, 6) is -9.15. The Kier molecular flexibility index (Phi) is 34.2. The minimum Gasteiger partial charge on any atom is -0.477 e. The second-order valence-corrected chi connectivity index (χ2v) is 29.6. The van der Waals surface area contributed by atoms with Crippen molar-refractivity contribution in [1.82, 2.24) is 21.3 Å². The molecule has 4 amide bonds. The first-order valence-electron chi connectivity index (χ1n) is 37.1. The lowest BCUT2D eigenvalue weighted by Gasteiger charge is -2.51. The highest BCUT2D eigenvalue weighted by Gasteiger charge is 2.63. The summed E-state index contributed by atoms with van der Waals surface area (Å²) in [6, 6.07) is -7.54. The third kappa shape index (κ3) is 21.4. The zero-order valence-electron chi connectivity index (χ0n) is 63.0. The lowest BCUT2D eigenvalue weighted by molar-refractivity contribution is -0.400. The van der Waals surface area contributed by atoms with Crippen LogP contribution in [0.4, 0.5) is 0 Å². The van der Waals surface area contributed by atoms with Crippen molar-refractivity contribution in [2.24, 2.45) is 0 Å². The van der Waals surface area contributed by atoms with Crippen LogP contribution in [0.5, 0.6) is 0 Å². The zero-order chi connectivity index (χ0) is 86.6. The number of aliphatic carboxylic acids is 1. The van der Waals surface area contributed by atoms with Gasteiger partial charge in [0.05, 0.1) is 71.1 Å². The lowest BCUT2D eigenvalue weighted by Crippen LogP contribution is -2.71. The first-order valence-corrected chi connectivity index (χ1v) is 37.1. The third-order valence-corrected chi connectivity index (χ3v) is 21.3. The SMILES string of the molecule is CC(=O)N[C@@H]1[C@@H](O)[C@H](O[C@@H]2O[C@H](CO)[C@@H](O[C@@H]3O[C@H](CO[C@H]4O[C@H](CO)[C@@H](O)[C@H](O)[C@@H]4O)[C@@H](O)[C@H](O[C@H]4O[C@H](CO)[C@@H](O)[C@H](O)[C@@H]4O[C@@H]4O[C@H](CO)[C@@H](O[C@@H]5O[C@H](CO)[C@H](O)[C@H](O[C@]6(C(=O)O)C[C@H](O)[C@@H](NC(C)=O)[C@H]([C@H](O)[C@H](O)CO)O6)[C@H]5O)[C@H](O)[C@H]4NC(C)=O)[C@@H]3O)[C@H](O)[C@H]2NC(C)=O)[C@@H](CO[C@@H]2O[C@H](C)[C@H](O)[C@H](O)[C@H]2O)O[C@@H]1O. The first kappa shape index (κ1) is 96.5. The Hall–Kier alpha value is -4.33. The summed E-state index contributed by atoms with van der Waals surface area (Å²) in [6.45, 7) is -3.95. The Labute approximate surface area is 662 Å². The molecule has 9 rings (SSSR count). The van der Waals surface area contributed by atoms with Gasteiger partial charge in [-0.25, -0.2) is 4.79 Å². The molecule has 9 heterocycles. The van der Waals surface area contributed by atoms with E-state index in [0.717, 1.165) is 27.7 Å². The van der Waals surface area contributed by atoms with E-state index in [1.807, 2.05) is 0 Å². The van der Waals surface area contributed by atoms with Crippen molar-refractivity contribution in [2.45, 2.75) is 323 Å². The fourth-order valence-corrected chi connectivity index (χ4v) is 15.0. The van der Waals surface area contributed by atoms with Gasteiger partial charge in [-0.15, -0.1) is 0 Å². The van der Waals surface area contributed by atoms with Crippen molar-refractivity contribution in [3.8, 4) is 0 Å². The van der Waals surface area contributed by atoms with Gasteiger partial charge in [0, 0.05) is 34.1 Å². The van der Waals surface area contributed by atoms with E-state index in [-0.39, 0.29) is 0 Å². The van der Waals surface area contributed by atoms with Gasteiger partial charge in [-0.3, -0.25) is 19.2 Å². The molecule has 117 heavy (non-hydrogen) atoms.